The third-order valence-electron chi connectivity index (χ3n) is 2.79. The summed E-state index contributed by atoms with van der Waals surface area (Å²) in [5.41, 5.74) is 0.440. The van der Waals surface area contributed by atoms with E-state index in [2.05, 4.69) is 26.2 Å². The highest BCUT2D eigenvalue weighted by Gasteiger charge is 2.00. The molecule has 0 saturated carbocycles. The Morgan fingerprint density at radius 1 is 1.26 bits per heavy atom. The molecule has 0 spiro atoms. The lowest BCUT2D eigenvalue weighted by Crippen LogP contribution is -2.32. The van der Waals surface area contributed by atoms with Crippen LogP contribution >= 0.6 is 15.9 Å². The van der Waals surface area contributed by atoms with E-state index in [1.54, 1.807) is 0 Å². The fraction of sp³-hybridized carbons (Fsp3) is 0.231. The van der Waals surface area contributed by atoms with E-state index >= 15 is 0 Å². The molecule has 19 heavy (non-hydrogen) atoms. The van der Waals surface area contributed by atoms with Gasteiger partial charge < -0.3 is 5.32 Å². The molecule has 0 atom stereocenters. The summed E-state index contributed by atoms with van der Waals surface area (Å²) in [4.78, 5) is 25.4. The van der Waals surface area contributed by atoms with Crippen molar-refractivity contribution in [1.82, 2.24) is 9.55 Å². The molecule has 0 bridgehead atoms. The van der Waals surface area contributed by atoms with Crippen molar-refractivity contribution in [2.45, 2.75) is 6.42 Å². The van der Waals surface area contributed by atoms with Gasteiger partial charge in [-0.15, -0.1) is 0 Å². The number of anilines is 1. The number of nitrogens with one attached hydrogen (secondary N) is 2. The van der Waals surface area contributed by atoms with Crippen LogP contribution < -0.4 is 16.6 Å². The van der Waals surface area contributed by atoms with Crippen molar-refractivity contribution in [1.29, 1.82) is 0 Å². The van der Waals surface area contributed by atoms with Gasteiger partial charge >= 0.3 is 5.69 Å². The van der Waals surface area contributed by atoms with Crippen LogP contribution in [0.25, 0.3) is 0 Å². The van der Waals surface area contributed by atoms with Crippen molar-refractivity contribution < 1.29 is 0 Å². The van der Waals surface area contributed by atoms with Crippen LogP contribution in [-0.2, 0) is 13.5 Å². The van der Waals surface area contributed by atoms with Gasteiger partial charge in [-0.05, 0) is 24.1 Å². The molecule has 0 aliphatic carbocycles. The average Bonchev–Trinajstić information content (AvgIpc) is 2.38. The monoisotopic (exact) mass is 323 g/mol. The van der Waals surface area contributed by atoms with E-state index in [1.165, 1.54) is 18.7 Å². The van der Waals surface area contributed by atoms with Crippen LogP contribution in [0.15, 0.2) is 44.4 Å². The van der Waals surface area contributed by atoms with E-state index < -0.39 is 5.69 Å². The highest BCUT2D eigenvalue weighted by molar-refractivity contribution is 9.10. The molecule has 100 valence electrons. The number of benzene rings is 1. The molecule has 0 fully saturated rings. The predicted molar refractivity (Wildman–Crippen MR) is 78.6 cm³/mol. The van der Waals surface area contributed by atoms with Crippen molar-refractivity contribution in [3.8, 4) is 0 Å². The standard InChI is InChI=1S/C13H14BrN3O2/c1-17-12(18)8-11(16-13(17)19)15-7-6-9-2-4-10(14)5-3-9/h2-5,8,15H,6-7H2,1H3,(H,16,19). The van der Waals surface area contributed by atoms with Crippen LogP contribution in [0.5, 0.6) is 0 Å². The number of aromatic amines is 1. The lowest BCUT2D eigenvalue weighted by molar-refractivity contribution is 0.775. The maximum atomic E-state index is 11.4. The SMILES string of the molecule is Cn1c(=O)cc(NCCc2ccc(Br)cc2)[nH]c1=O. The molecule has 1 aromatic carbocycles. The maximum Gasteiger partial charge on any atom is 0.329 e. The number of nitrogens with zero attached hydrogens (tertiary/aromatic N) is 1. The number of H-pyrrole nitrogens is 1. The van der Waals surface area contributed by atoms with E-state index in [0.29, 0.717) is 12.4 Å². The lowest BCUT2D eigenvalue weighted by atomic mass is 10.1. The van der Waals surface area contributed by atoms with E-state index in [0.717, 1.165) is 15.5 Å². The van der Waals surface area contributed by atoms with Crippen molar-refractivity contribution in [3.05, 3.63) is 61.2 Å². The van der Waals surface area contributed by atoms with E-state index in [4.69, 9.17) is 0 Å². The first-order valence-electron chi connectivity index (χ1n) is 5.85. The second kappa shape index (κ2) is 5.88. The largest absolute Gasteiger partial charge is 0.371 e. The molecular formula is C13H14BrN3O2. The molecule has 6 heteroatoms. The van der Waals surface area contributed by atoms with Crippen LogP contribution in [0.2, 0.25) is 0 Å². The Labute approximate surface area is 118 Å². The zero-order chi connectivity index (χ0) is 13.8. The topological polar surface area (TPSA) is 66.9 Å². The smallest absolute Gasteiger partial charge is 0.329 e. The van der Waals surface area contributed by atoms with Gasteiger partial charge in [0, 0.05) is 24.1 Å². The van der Waals surface area contributed by atoms with Gasteiger partial charge in [-0.1, -0.05) is 28.1 Å². The summed E-state index contributed by atoms with van der Waals surface area (Å²) in [6.07, 6.45) is 0.810. The zero-order valence-electron chi connectivity index (χ0n) is 10.4. The first-order valence-corrected chi connectivity index (χ1v) is 6.64. The van der Waals surface area contributed by atoms with Crippen LogP contribution in [0.3, 0.4) is 0 Å². The number of hydrogen-bond acceptors (Lipinski definition) is 3. The fourth-order valence-corrected chi connectivity index (χ4v) is 1.91. The maximum absolute atomic E-state index is 11.4. The van der Waals surface area contributed by atoms with Gasteiger partial charge in [0.15, 0.2) is 0 Å². The quantitative estimate of drug-likeness (QED) is 0.895. The molecule has 0 amide bonds. The van der Waals surface area contributed by atoms with Crippen LogP contribution in [-0.4, -0.2) is 16.1 Å². The first-order chi connectivity index (χ1) is 9.06. The number of rotatable bonds is 4. The molecule has 0 aliphatic heterocycles. The first kappa shape index (κ1) is 13.6. The molecule has 2 N–H and O–H groups in total. The van der Waals surface area contributed by atoms with Gasteiger partial charge in [0.1, 0.15) is 5.82 Å². The predicted octanol–water partition coefficient (Wildman–Crippen LogP) is 1.49. The molecular weight excluding hydrogens is 310 g/mol. The Balaban J connectivity index is 1.98. The van der Waals surface area contributed by atoms with Gasteiger partial charge in [0.2, 0.25) is 0 Å². The Bertz CT molecular complexity index is 642. The molecule has 2 rings (SSSR count). The third kappa shape index (κ3) is 3.57. The number of halogens is 1. The van der Waals surface area contributed by atoms with Gasteiger partial charge in [-0.25, -0.2) is 4.79 Å². The minimum absolute atomic E-state index is 0.324. The highest BCUT2D eigenvalue weighted by Crippen LogP contribution is 2.10. The van der Waals surface area contributed by atoms with E-state index in [9.17, 15) is 9.59 Å². The van der Waals surface area contributed by atoms with Crippen LogP contribution in [0.4, 0.5) is 5.82 Å². The molecule has 2 aromatic rings. The number of aromatic nitrogens is 2. The summed E-state index contributed by atoms with van der Waals surface area (Å²) in [6.45, 7) is 0.644. The summed E-state index contributed by atoms with van der Waals surface area (Å²) in [7, 11) is 1.44. The number of hydrogen-bond donors (Lipinski definition) is 2. The molecule has 0 aliphatic rings. The second-order valence-corrected chi connectivity index (χ2v) is 5.10. The summed E-state index contributed by atoms with van der Waals surface area (Å²) in [5.74, 6) is 0.449. The van der Waals surface area contributed by atoms with Gasteiger partial charge in [0.05, 0.1) is 0 Å². The minimum atomic E-state index is -0.418. The fourth-order valence-electron chi connectivity index (χ4n) is 1.64. The molecule has 5 nitrogen and oxygen atoms in total. The Hall–Kier alpha value is -1.82. The lowest BCUT2D eigenvalue weighted by Gasteiger charge is -2.06. The zero-order valence-corrected chi connectivity index (χ0v) is 12.0. The summed E-state index contributed by atoms with van der Waals surface area (Å²) >= 11 is 3.38. The molecule has 1 heterocycles. The van der Waals surface area contributed by atoms with Crippen molar-refractivity contribution in [2.24, 2.45) is 7.05 Å². The molecule has 0 unspecified atom stereocenters. The van der Waals surface area contributed by atoms with Gasteiger partial charge in [0.25, 0.3) is 5.56 Å². The molecule has 0 radical (unpaired) electrons. The van der Waals surface area contributed by atoms with Gasteiger partial charge in [-0.3, -0.25) is 14.3 Å². The van der Waals surface area contributed by atoms with Crippen molar-refractivity contribution in [2.75, 3.05) is 11.9 Å². The normalized spacial score (nSPS) is 10.4. The van der Waals surface area contributed by atoms with Crippen molar-refractivity contribution in [3.63, 3.8) is 0 Å². The molecule has 1 aromatic heterocycles. The second-order valence-electron chi connectivity index (χ2n) is 4.19. The Kier molecular flexibility index (Phi) is 4.21. The van der Waals surface area contributed by atoms with Crippen LogP contribution in [0, 0.1) is 0 Å². The van der Waals surface area contributed by atoms with Gasteiger partial charge in [-0.2, -0.15) is 0 Å². The van der Waals surface area contributed by atoms with Crippen LogP contribution in [0.1, 0.15) is 5.56 Å². The van der Waals surface area contributed by atoms with Crippen molar-refractivity contribution >= 4 is 21.7 Å². The molecule has 0 saturated heterocycles. The Morgan fingerprint density at radius 3 is 2.58 bits per heavy atom. The summed E-state index contributed by atoms with van der Waals surface area (Å²) in [6, 6.07) is 9.39. The highest BCUT2D eigenvalue weighted by atomic mass is 79.9. The van der Waals surface area contributed by atoms with E-state index in [1.807, 2.05) is 24.3 Å². The van der Waals surface area contributed by atoms with E-state index in [-0.39, 0.29) is 5.56 Å². The summed E-state index contributed by atoms with van der Waals surface area (Å²) < 4.78 is 2.07. The minimum Gasteiger partial charge on any atom is -0.371 e. The summed E-state index contributed by atoms with van der Waals surface area (Å²) in [5, 5.41) is 3.04. The Morgan fingerprint density at radius 2 is 1.95 bits per heavy atom. The average molecular weight is 324 g/mol. The third-order valence-corrected chi connectivity index (χ3v) is 3.32.